The largest absolute Gasteiger partial charge is 0.438 e. The van der Waals surface area contributed by atoms with Crippen molar-refractivity contribution in [1.29, 1.82) is 0 Å². The third-order valence-electron chi connectivity index (χ3n) is 9.14. The summed E-state index contributed by atoms with van der Waals surface area (Å²) < 4.78 is 19.3. The molecule has 7 rings (SSSR count). The second-order valence-corrected chi connectivity index (χ2v) is 13.0. The van der Waals surface area contributed by atoms with Gasteiger partial charge in [0.05, 0.1) is 30.3 Å². The van der Waals surface area contributed by atoms with E-state index in [1.807, 2.05) is 86.6 Å². The normalized spacial score (nSPS) is 14.9. The van der Waals surface area contributed by atoms with E-state index in [1.54, 1.807) is 48.3 Å². The van der Waals surface area contributed by atoms with Crippen molar-refractivity contribution >= 4 is 40.2 Å². The Morgan fingerprint density at radius 1 is 0.945 bits per heavy atom. The molecular weight excluding hydrogens is 699 g/mol. The number of nitrogens with zero attached hydrogens (tertiary/aromatic N) is 5. The van der Waals surface area contributed by atoms with Gasteiger partial charge in [0.25, 0.3) is 5.91 Å². The van der Waals surface area contributed by atoms with Gasteiger partial charge in [-0.15, -0.1) is 0 Å². The lowest BCUT2D eigenvalue weighted by Gasteiger charge is -2.36. The molecular formula is C41H43N9O5. The number of fused-ring (bicyclic) bond motifs is 1. The molecule has 4 aromatic carbocycles. The van der Waals surface area contributed by atoms with Crippen LogP contribution in [0, 0.1) is 6.92 Å². The number of rotatable bonds is 13. The maximum atomic E-state index is 13.4. The zero-order valence-electron chi connectivity index (χ0n) is 30.9. The van der Waals surface area contributed by atoms with E-state index < -0.39 is 12.2 Å². The number of methoxy groups -OCH3 is 1. The summed E-state index contributed by atoms with van der Waals surface area (Å²) in [5.74, 6) is 1.38. The highest BCUT2D eigenvalue weighted by Crippen LogP contribution is 2.34. The van der Waals surface area contributed by atoms with Crippen molar-refractivity contribution in [3.63, 3.8) is 0 Å². The molecule has 282 valence electrons. The van der Waals surface area contributed by atoms with Crippen LogP contribution in [0.25, 0.3) is 16.5 Å². The van der Waals surface area contributed by atoms with Crippen LogP contribution >= 0.6 is 0 Å². The van der Waals surface area contributed by atoms with Crippen molar-refractivity contribution in [2.45, 2.75) is 32.7 Å². The fraction of sp³-hybridized carbons (Fsp3) is 0.244. The predicted molar refractivity (Wildman–Crippen MR) is 211 cm³/mol. The summed E-state index contributed by atoms with van der Waals surface area (Å²) in [7, 11) is 1.63. The van der Waals surface area contributed by atoms with Gasteiger partial charge in [-0.3, -0.25) is 15.0 Å². The van der Waals surface area contributed by atoms with Crippen LogP contribution in [0.1, 0.15) is 28.5 Å². The van der Waals surface area contributed by atoms with Gasteiger partial charge in [-0.2, -0.15) is 10.1 Å². The Bertz CT molecular complexity index is 2250. The first-order valence-corrected chi connectivity index (χ1v) is 18.1. The van der Waals surface area contributed by atoms with Gasteiger partial charge in [0, 0.05) is 54.9 Å². The Morgan fingerprint density at radius 3 is 2.51 bits per heavy atom. The lowest BCUT2D eigenvalue weighted by molar-refractivity contribution is -0.125. The van der Waals surface area contributed by atoms with Crippen LogP contribution in [0.4, 0.5) is 22.2 Å². The van der Waals surface area contributed by atoms with Gasteiger partial charge < -0.3 is 30.2 Å². The number of urea groups is 1. The molecule has 14 heteroatoms. The standard InChI is InChI=1S/C41H43N9O5/c1-4-29-24-36(50(48-29)30-16-14-27(2)15-17-30)46-41(52)43-33-18-19-34(32-13-9-8-12-31(32)33)55-37-20-21-42-40(47-37)45-35(25-49-22-23-54-26-38(49)53-3)44-39(51)28-10-6-5-7-11-28/h5-21,24,35,38H,4,22-23,25-26H2,1-3H3,(H,44,51)(H,42,45,47)(H2,43,46,52). The molecule has 0 bridgehead atoms. The fourth-order valence-corrected chi connectivity index (χ4v) is 6.29. The Balaban J connectivity index is 1.08. The molecule has 2 unspecified atom stereocenters. The molecule has 1 saturated heterocycles. The van der Waals surface area contributed by atoms with Gasteiger partial charge >= 0.3 is 6.03 Å². The molecule has 1 aliphatic heterocycles. The molecule has 0 radical (unpaired) electrons. The Labute approximate surface area is 318 Å². The summed E-state index contributed by atoms with van der Waals surface area (Å²) in [6, 6.07) is 31.3. The van der Waals surface area contributed by atoms with Crippen LogP contribution in [-0.4, -0.2) is 82.4 Å². The zero-order chi connectivity index (χ0) is 38.1. The summed E-state index contributed by atoms with van der Waals surface area (Å²) in [6.45, 7) is 6.03. The van der Waals surface area contributed by atoms with Crippen LogP contribution in [0.5, 0.6) is 11.6 Å². The van der Waals surface area contributed by atoms with Crippen LogP contribution in [0.15, 0.2) is 109 Å². The molecule has 14 nitrogen and oxygen atoms in total. The van der Waals surface area contributed by atoms with Crippen molar-refractivity contribution in [2.75, 3.05) is 49.4 Å². The van der Waals surface area contributed by atoms with Crippen molar-refractivity contribution < 1.29 is 23.8 Å². The smallest absolute Gasteiger partial charge is 0.324 e. The molecule has 3 amide bonds. The lowest BCUT2D eigenvalue weighted by Crippen LogP contribution is -2.55. The molecule has 1 fully saturated rings. The molecule has 0 spiro atoms. The number of aryl methyl sites for hydroxylation is 2. The number of hydrogen-bond acceptors (Lipinski definition) is 10. The predicted octanol–water partition coefficient (Wildman–Crippen LogP) is 6.60. The number of anilines is 3. The monoisotopic (exact) mass is 741 g/mol. The molecule has 2 atom stereocenters. The lowest BCUT2D eigenvalue weighted by atomic mass is 10.1. The third-order valence-corrected chi connectivity index (χ3v) is 9.14. The molecule has 0 aliphatic carbocycles. The van der Waals surface area contributed by atoms with E-state index in [-0.39, 0.29) is 24.0 Å². The summed E-state index contributed by atoms with van der Waals surface area (Å²) in [5.41, 5.74) is 3.96. The summed E-state index contributed by atoms with van der Waals surface area (Å²) in [6.07, 6.45) is 1.45. The number of aromatic nitrogens is 4. The van der Waals surface area contributed by atoms with E-state index in [2.05, 4.69) is 41.2 Å². The third kappa shape index (κ3) is 9.07. The molecule has 55 heavy (non-hydrogen) atoms. The van der Waals surface area contributed by atoms with E-state index in [1.165, 1.54) is 0 Å². The number of morpholine rings is 1. The minimum Gasteiger partial charge on any atom is -0.438 e. The van der Waals surface area contributed by atoms with Gasteiger partial charge in [0.1, 0.15) is 24.0 Å². The van der Waals surface area contributed by atoms with Gasteiger partial charge in [0.2, 0.25) is 11.8 Å². The van der Waals surface area contributed by atoms with Crippen molar-refractivity contribution in [3.8, 4) is 17.3 Å². The van der Waals surface area contributed by atoms with Gasteiger partial charge in [-0.25, -0.2) is 14.5 Å². The summed E-state index contributed by atoms with van der Waals surface area (Å²) in [4.78, 5) is 37.8. The van der Waals surface area contributed by atoms with Gasteiger partial charge in [-0.1, -0.05) is 67.1 Å². The number of carbonyl (C=O) groups is 2. The van der Waals surface area contributed by atoms with Gasteiger partial charge in [-0.05, 0) is 49.7 Å². The highest BCUT2D eigenvalue weighted by Gasteiger charge is 2.27. The Kier molecular flexibility index (Phi) is 11.6. The van der Waals surface area contributed by atoms with Crippen molar-refractivity contribution in [2.24, 2.45) is 0 Å². The van der Waals surface area contributed by atoms with Crippen molar-refractivity contribution in [1.82, 2.24) is 30.0 Å². The quantitative estimate of drug-likeness (QED) is 0.0952. The maximum absolute atomic E-state index is 13.4. The first kappa shape index (κ1) is 37.0. The molecule has 6 aromatic rings. The van der Waals surface area contributed by atoms with E-state index in [0.717, 1.165) is 34.1 Å². The van der Waals surface area contributed by atoms with Crippen LogP contribution < -0.4 is 26.0 Å². The first-order valence-electron chi connectivity index (χ1n) is 18.1. The number of amides is 3. The van der Waals surface area contributed by atoms with Crippen LogP contribution in [0.3, 0.4) is 0 Å². The van der Waals surface area contributed by atoms with E-state index in [4.69, 9.17) is 14.2 Å². The maximum Gasteiger partial charge on any atom is 0.324 e. The Hall–Kier alpha value is -6.35. The minimum absolute atomic E-state index is 0.246. The number of nitrogens with one attached hydrogen (secondary N) is 4. The zero-order valence-corrected chi connectivity index (χ0v) is 30.9. The fourth-order valence-electron chi connectivity index (χ4n) is 6.29. The van der Waals surface area contributed by atoms with Crippen LogP contribution in [-0.2, 0) is 15.9 Å². The molecule has 2 aromatic heterocycles. The molecule has 1 aliphatic rings. The Morgan fingerprint density at radius 2 is 1.73 bits per heavy atom. The SMILES string of the molecule is CCc1cc(NC(=O)Nc2ccc(Oc3ccnc(NC(CN4CCOCC4OC)NC(=O)c4ccccc4)n3)c3ccccc23)n(-c2ccc(C)cc2)n1. The molecule has 3 heterocycles. The molecule has 4 N–H and O–H groups in total. The van der Waals surface area contributed by atoms with Crippen LogP contribution in [0.2, 0.25) is 0 Å². The van der Waals surface area contributed by atoms with Gasteiger partial charge in [0.15, 0.2) is 0 Å². The number of carbonyl (C=O) groups excluding carboxylic acids is 2. The topological polar surface area (TPSA) is 157 Å². The summed E-state index contributed by atoms with van der Waals surface area (Å²) >= 11 is 0. The minimum atomic E-state index is -0.583. The second kappa shape index (κ2) is 17.2. The van der Waals surface area contributed by atoms with E-state index in [0.29, 0.717) is 49.1 Å². The van der Waals surface area contributed by atoms with E-state index >= 15 is 0 Å². The van der Waals surface area contributed by atoms with E-state index in [9.17, 15) is 9.59 Å². The highest BCUT2D eigenvalue weighted by molar-refractivity contribution is 6.07. The first-order chi connectivity index (χ1) is 26.9. The summed E-state index contributed by atoms with van der Waals surface area (Å²) in [5, 5.41) is 18.5. The van der Waals surface area contributed by atoms with Crippen molar-refractivity contribution in [3.05, 3.63) is 126 Å². The second-order valence-electron chi connectivity index (χ2n) is 13.0. The number of benzene rings is 4. The average molecular weight is 742 g/mol. The highest BCUT2D eigenvalue weighted by atomic mass is 16.5. The number of ether oxygens (including phenoxy) is 3. The number of hydrogen-bond donors (Lipinski definition) is 4. The average Bonchev–Trinajstić information content (AvgIpc) is 3.62. The molecule has 0 saturated carbocycles.